The maximum Gasteiger partial charge on any atom is 0.261 e. The van der Waals surface area contributed by atoms with Crippen LogP contribution in [0, 0.1) is 19.8 Å². The highest BCUT2D eigenvalue weighted by molar-refractivity contribution is 5.81. The molecule has 3 heterocycles. The van der Waals surface area contributed by atoms with E-state index in [2.05, 4.69) is 78.5 Å². The Kier molecular flexibility index (Phi) is 6.29. The first-order chi connectivity index (χ1) is 18.0. The van der Waals surface area contributed by atoms with Crippen molar-refractivity contribution >= 4 is 5.91 Å². The van der Waals surface area contributed by atoms with E-state index in [1.54, 1.807) is 0 Å². The van der Waals surface area contributed by atoms with Gasteiger partial charge in [-0.1, -0.05) is 60.7 Å². The first-order valence-corrected chi connectivity index (χ1v) is 13.3. The third-order valence-corrected chi connectivity index (χ3v) is 7.89. The van der Waals surface area contributed by atoms with Crippen molar-refractivity contribution in [3.05, 3.63) is 95.4 Å². The summed E-state index contributed by atoms with van der Waals surface area (Å²) in [6, 6.07) is 23.3. The number of hydrogen-bond acceptors (Lipinski definition) is 3. The zero-order valence-electron chi connectivity index (χ0n) is 21.5. The number of aromatic nitrogens is 2. The molecule has 2 aliphatic rings. The zero-order chi connectivity index (χ0) is 25.4. The second-order valence-electron chi connectivity index (χ2n) is 10.5. The number of rotatable bonds is 5. The van der Waals surface area contributed by atoms with Crippen LogP contribution >= 0.6 is 0 Å². The van der Waals surface area contributed by atoms with Crippen molar-refractivity contribution in [2.75, 3.05) is 6.54 Å². The van der Waals surface area contributed by atoms with Crippen LogP contribution in [0.2, 0.25) is 0 Å². The highest BCUT2D eigenvalue weighted by Gasteiger charge is 2.27. The molecular formula is C32H33N3O2. The first-order valence-electron chi connectivity index (χ1n) is 13.3. The molecule has 6 rings (SSSR count). The van der Waals surface area contributed by atoms with Gasteiger partial charge in [-0.25, -0.2) is 4.98 Å². The Labute approximate surface area is 218 Å². The smallest absolute Gasteiger partial charge is 0.261 e. The molecule has 1 N–H and O–H groups in total. The van der Waals surface area contributed by atoms with E-state index in [4.69, 9.17) is 9.72 Å². The number of hydrogen-bond donors (Lipinski definition) is 1. The molecule has 4 aromatic rings. The molecular weight excluding hydrogens is 458 g/mol. The van der Waals surface area contributed by atoms with E-state index >= 15 is 0 Å². The number of nitrogens with zero attached hydrogens (tertiary/aromatic N) is 2. The molecule has 2 aliphatic heterocycles. The summed E-state index contributed by atoms with van der Waals surface area (Å²) in [4.78, 5) is 17.7. The van der Waals surface area contributed by atoms with E-state index in [0.717, 1.165) is 55.1 Å². The van der Waals surface area contributed by atoms with Gasteiger partial charge in [0.05, 0.1) is 5.69 Å². The Morgan fingerprint density at radius 2 is 1.73 bits per heavy atom. The van der Waals surface area contributed by atoms with E-state index in [9.17, 15) is 4.79 Å². The summed E-state index contributed by atoms with van der Waals surface area (Å²) in [6.07, 6.45) is 5.32. The van der Waals surface area contributed by atoms with E-state index < -0.39 is 6.10 Å². The number of ether oxygens (including phenoxy) is 1. The molecule has 1 aromatic heterocycles. The van der Waals surface area contributed by atoms with Crippen LogP contribution in [0.25, 0.3) is 22.4 Å². The summed E-state index contributed by atoms with van der Waals surface area (Å²) < 4.78 is 8.23. The molecule has 3 aromatic carbocycles. The van der Waals surface area contributed by atoms with E-state index in [0.29, 0.717) is 12.5 Å². The number of nitrogens with one attached hydrogen (secondary N) is 1. The van der Waals surface area contributed by atoms with Crippen molar-refractivity contribution in [1.82, 2.24) is 14.9 Å². The summed E-state index contributed by atoms with van der Waals surface area (Å²) in [6.45, 7) is 5.84. The predicted molar refractivity (Wildman–Crippen MR) is 147 cm³/mol. The Balaban J connectivity index is 1.07. The van der Waals surface area contributed by atoms with Gasteiger partial charge in [0, 0.05) is 31.3 Å². The number of imidazole rings is 1. The summed E-state index contributed by atoms with van der Waals surface area (Å²) in [5.41, 5.74) is 8.42. The van der Waals surface area contributed by atoms with Crippen molar-refractivity contribution in [3.8, 4) is 28.1 Å². The molecule has 1 amide bonds. The monoisotopic (exact) mass is 491 g/mol. The van der Waals surface area contributed by atoms with Crippen LogP contribution in [-0.2, 0) is 24.2 Å². The lowest BCUT2D eigenvalue weighted by molar-refractivity contribution is -0.128. The molecule has 0 spiro atoms. The number of benzene rings is 3. The van der Waals surface area contributed by atoms with Crippen LogP contribution < -0.4 is 10.1 Å². The number of fused-ring (bicyclic) bond motifs is 2. The van der Waals surface area contributed by atoms with Crippen molar-refractivity contribution in [3.63, 3.8) is 0 Å². The fourth-order valence-corrected chi connectivity index (χ4v) is 5.44. The topological polar surface area (TPSA) is 56.2 Å². The summed E-state index contributed by atoms with van der Waals surface area (Å²) in [5.74, 6) is 2.35. The molecule has 188 valence electrons. The Morgan fingerprint density at radius 1 is 0.946 bits per heavy atom. The van der Waals surface area contributed by atoms with Gasteiger partial charge >= 0.3 is 0 Å². The molecule has 0 fully saturated rings. The molecule has 0 radical (unpaired) electrons. The highest BCUT2D eigenvalue weighted by atomic mass is 16.5. The summed E-state index contributed by atoms with van der Waals surface area (Å²) in [7, 11) is 0. The van der Waals surface area contributed by atoms with Crippen molar-refractivity contribution in [2.24, 2.45) is 5.92 Å². The third-order valence-electron chi connectivity index (χ3n) is 7.89. The number of carbonyl (C=O) groups excluding carboxylic acids is 1. The minimum Gasteiger partial charge on any atom is -0.480 e. The highest BCUT2D eigenvalue weighted by Crippen LogP contribution is 2.29. The van der Waals surface area contributed by atoms with Crippen LogP contribution in [-0.4, -0.2) is 28.1 Å². The number of amides is 1. The van der Waals surface area contributed by atoms with Gasteiger partial charge in [0.1, 0.15) is 11.6 Å². The van der Waals surface area contributed by atoms with E-state index in [1.807, 2.05) is 18.2 Å². The maximum atomic E-state index is 12.8. The minimum atomic E-state index is -0.402. The zero-order valence-corrected chi connectivity index (χ0v) is 21.5. The second-order valence-corrected chi connectivity index (χ2v) is 10.5. The van der Waals surface area contributed by atoms with Gasteiger partial charge in [0.2, 0.25) is 0 Å². The number of carbonyl (C=O) groups is 1. The minimum absolute atomic E-state index is 0.00418. The average molecular weight is 492 g/mol. The summed E-state index contributed by atoms with van der Waals surface area (Å²) in [5, 5.41) is 3.15. The lowest BCUT2D eigenvalue weighted by Gasteiger charge is -2.27. The van der Waals surface area contributed by atoms with Crippen molar-refractivity contribution < 1.29 is 9.53 Å². The lowest BCUT2D eigenvalue weighted by atomic mass is 9.98. The quantitative estimate of drug-likeness (QED) is 0.378. The fraction of sp³-hybridized carbons (Fsp3) is 0.312. The maximum absolute atomic E-state index is 12.8. The Morgan fingerprint density at radius 3 is 2.57 bits per heavy atom. The largest absolute Gasteiger partial charge is 0.480 e. The Bertz CT molecular complexity index is 1440. The molecule has 2 atom stereocenters. The Hall–Kier alpha value is -3.86. The second kappa shape index (κ2) is 9.89. The molecule has 0 saturated heterocycles. The van der Waals surface area contributed by atoms with Crippen LogP contribution in [0.1, 0.15) is 35.4 Å². The molecule has 0 bridgehead atoms. The van der Waals surface area contributed by atoms with Gasteiger partial charge in [-0.05, 0) is 72.9 Å². The van der Waals surface area contributed by atoms with Gasteiger partial charge in [0.15, 0.2) is 6.10 Å². The van der Waals surface area contributed by atoms with Crippen molar-refractivity contribution in [2.45, 2.75) is 52.2 Å². The molecule has 1 unspecified atom stereocenters. The van der Waals surface area contributed by atoms with Gasteiger partial charge in [-0.2, -0.15) is 0 Å². The number of para-hydroxylation sites is 1. The van der Waals surface area contributed by atoms with Crippen molar-refractivity contribution in [1.29, 1.82) is 0 Å². The van der Waals surface area contributed by atoms with E-state index in [-0.39, 0.29) is 5.91 Å². The SMILES string of the molecule is Cc1ccc(-c2ccc(-c3cn4c(n3)CCC(CNC(=O)[C@H]3CCc5ccccc5O3)C4)cc2)cc1C. The van der Waals surface area contributed by atoms with Crippen LogP contribution in [0.4, 0.5) is 0 Å². The van der Waals surface area contributed by atoms with E-state index in [1.165, 1.54) is 27.8 Å². The van der Waals surface area contributed by atoms with Crippen LogP contribution in [0.3, 0.4) is 0 Å². The fourth-order valence-electron chi connectivity index (χ4n) is 5.44. The van der Waals surface area contributed by atoms with Gasteiger partial charge in [-0.15, -0.1) is 0 Å². The average Bonchev–Trinajstić information content (AvgIpc) is 3.36. The van der Waals surface area contributed by atoms with Gasteiger partial charge in [0.25, 0.3) is 5.91 Å². The number of aryl methyl sites for hydroxylation is 4. The molecule has 37 heavy (non-hydrogen) atoms. The summed E-state index contributed by atoms with van der Waals surface area (Å²) >= 11 is 0. The standard InChI is InChI=1S/C32H33N3O2/c1-21-7-9-27(17-22(21)2)24-10-12-25(13-11-24)28-20-35-19-23(8-16-31(35)34-28)18-33-32(36)30-15-14-26-5-3-4-6-29(26)37-30/h3-7,9-13,17,20,23,30H,8,14-16,18-19H2,1-2H3,(H,33,36)/t23?,30-/m1/s1. The molecule has 5 nitrogen and oxygen atoms in total. The predicted octanol–water partition coefficient (Wildman–Crippen LogP) is 5.91. The van der Waals surface area contributed by atoms with Gasteiger partial charge in [-0.3, -0.25) is 4.79 Å². The third kappa shape index (κ3) is 4.91. The first kappa shape index (κ1) is 23.5. The molecule has 0 saturated carbocycles. The van der Waals surface area contributed by atoms with Crippen LogP contribution in [0.5, 0.6) is 5.75 Å². The molecule has 0 aliphatic carbocycles. The molecule has 5 heteroatoms. The van der Waals surface area contributed by atoms with Crippen LogP contribution in [0.15, 0.2) is 72.9 Å². The van der Waals surface area contributed by atoms with Gasteiger partial charge < -0.3 is 14.6 Å². The normalized spacial score (nSPS) is 18.4. The lowest BCUT2D eigenvalue weighted by Crippen LogP contribution is -2.43.